The Hall–Kier alpha value is -1.92. The molecule has 1 aromatic rings. The Labute approximate surface area is 96.5 Å². The van der Waals surface area contributed by atoms with Crippen molar-refractivity contribution >= 4 is 5.69 Å². The molecule has 0 saturated heterocycles. The molecular formula is C10H13N3O4. The average molecular weight is 239 g/mol. The second-order valence-corrected chi connectivity index (χ2v) is 4.29. The maximum Gasteiger partial charge on any atom is 0.353 e. The van der Waals surface area contributed by atoms with Crippen LogP contribution < -0.4 is 11.2 Å². The third-order valence-corrected chi connectivity index (χ3v) is 3.38. The van der Waals surface area contributed by atoms with Crippen molar-refractivity contribution in [2.24, 2.45) is 7.05 Å². The van der Waals surface area contributed by atoms with Crippen molar-refractivity contribution in [2.75, 3.05) is 0 Å². The Balaban J connectivity index is 2.80. The van der Waals surface area contributed by atoms with E-state index in [0.29, 0.717) is 0 Å². The van der Waals surface area contributed by atoms with Crippen molar-refractivity contribution < 1.29 is 4.92 Å². The van der Waals surface area contributed by atoms with Gasteiger partial charge in [0.1, 0.15) is 5.69 Å². The minimum Gasteiger partial charge on any atom is -0.294 e. The van der Waals surface area contributed by atoms with E-state index in [1.54, 1.807) is 0 Å². The monoisotopic (exact) mass is 239 g/mol. The molecule has 0 bridgehead atoms. The quantitative estimate of drug-likeness (QED) is 0.555. The molecule has 0 spiro atoms. The second-order valence-electron chi connectivity index (χ2n) is 4.29. The number of hydrogen-bond donors (Lipinski definition) is 0. The summed E-state index contributed by atoms with van der Waals surface area (Å²) in [5.41, 5.74) is -1.65. The number of nitro groups is 1. The predicted molar refractivity (Wildman–Crippen MR) is 60.2 cm³/mol. The lowest BCUT2D eigenvalue weighted by molar-refractivity contribution is -0.387. The van der Waals surface area contributed by atoms with Crippen LogP contribution in [0.5, 0.6) is 0 Å². The molecule has 0 atom stereocenters. The van der Waals surface area contributed by atoms with E-state index in [0.717, 1.165) is 28.4 Å². The molecule has 1 saturated carbocycles. The van der Waals surface area contributed by atoms with Gasteiger partial charge in [-0.1, -0.05) is 0 Å². The molecule has 1 fully saturated rings. The summed E-state index contributed by atoms with van der Waals surface area (Å²) in [7, 11) is 1.44. The fraction of sp³-hybridized carbons (Fsp3) is 0.600. The summed E-state index contributed by atoms with van der Waals surface area (Å²) >= 11 is 0. The van der Waals surface area contributed by atoms with Crippen molar-refractivity contribution in [3.8, 4) is 0 Å². The highest BCUT2D eigenvalue weighted by atomic mass is 16.6. The van der Waals surface area contributed by atoms with Crippen LogP contribution in [-0.2, 0) is 7.05 Å². The Kier molecular flexibility index (Phi) is 2.60. The first-order chi connectivity index (χ1) is 7.95. The maximum absolute atomic E-state index is 11.9. The first-order valence-corrected chi connectivity index (χ1v) is 5.41. The van der Waals surface area contributed by atoms with Crippen LogP contribution in [0.4, 0.5) is 5.69 Å². The molecule has 1 heterocycles. The zero-order valence-corrected chi connectivity index (χ0v) is 9.67. The van der Waals surface area contributed by atoms with Gasteiger partial charge in [0.05, 0.1) is 4.92 Å². The molecule has 0 radical (unpaired) electrons. The lowest BCUT2D eigenvalue weighted by Gasteiger charge is -2.27. The van der Waals surface area contributed by atoms with Crippen LogP contribution in [0.15, 0.2) is 9.59 Å². The van der Waals surface area contributed by atoms with Crippen molar-refractivity contribution in [1.82, 2.24) is 9.13 Å². The first-order valence-electron chi connectivity index (χ1n) is 5.41. The molecule has 1 aromatic heterocycles. The number of rotatable bonds is 2. The molecule has 1 aliphatic carbocycles. The van der Waals surface area contributed by atoms with E-state index in [9.17, 15) is 19.7 Å². The van der Waals surface area contributed by atoms with Gasteiger partial charge in [0.2, 0.25) is 0 Å². The Bertz CT molecular complexity index is 595. The van der Waals surface area contributed by atoms with Crippen LogP contribution in [0.2, 0.25) is 0 Å². The molecule has 0 aromatic carbocycles. The first kappa shape index (κ1) is 11.6. The van der Waals surface area contributed by atoms with Crippen LogP contribution in [0.1, 0.15) is 31.0 Å². The predicted octanol–water partition coefficient (Wildman–Crippen LogP) is 0.489. The largest absolute Gasteiger partial charge is 0.353 e. The summed E-state index contributed by atoms with van der Waals surface area (Å²) in [6, 6.07) is -0.180. The van der Waals surface area contributed by atoms with Crippen LogP contribution in [0, 0.1) is 17.0 Å². The second kappa shape index (κ2) is 3.83. The van der Waals surface area contributed by atoms with E-state index < -0.39 is 21.9 Å². The smallest absolute Gasteiger partial charge is 0.294 e. The van der Waals surface area contributed by atoms with E-state index in [1.165, 1.54) is 14.0 Å². The average Bonchev–Trinajstić information content (AvgIpc) is 2.18. The summed E-state index contributed by atoms with van der Waals surface area (Å²) in [5, 5.41) is 10.9. The third kappa shape index (κ3) is 1.58. The van der Waals surface area contributed by atoms with Crippen LogP contribution in [0.25, 0.3) is 0 Å². The van der Waals surface area contributed by atoms with E-state index in [1.807, 2.05) is 0 Å². The molecule has 17 heavy (non-hydrogen) atoms. The molecule has 2 rings (SSSR count). The van der Waals surface area contributed by atoms with Gasteiger partial charge >= 0.3 is 16.9 Å². The van der Waals surface area contributed by atoms with Crippen LogP contribution in [0.3, 0.4) is 0 Å². The number of aromatic nitrogens is 2. The number of hydrogen-bond acceptors (Lipinski definition) is 4. The lowest BCUT2D eigenvalue weighted by Crippen LogP contribution is -2.44. The van der Waals surface area contributed by atoms with Crippen molar-refractivity contribution in [3.05, 3.63) is 36.6 Å². The SMILES string of the molecule is Cc1c([N+](=O)[O-])c(=O)n(C2CCC2)c(=O)n1C. The Morgan fingerprint density at radius 2 is 1.94 bits per heavy atom. The zero-order chi connectivity index (χ0) is 12.7. The van der Waals surface area contributed by atoms with Crippen molar-refractivity contribution in [2.45, 2.75) is 32.2 Å². The minimum absolute atomic E-state index is 0.0978. The topological polar surface area (TPSA) is 87.1 Å². The van der Waals surface area contributed by atoms with Gasteiger partial charge in [-0.3, -0.25) is 24.0 Å². The molecule has 7 nitrogen and oxygen atoms in total. The number of nitrogens with zero attached hydrogens (tertiary/aromatic N) is 3. The Morgan fingerprint density at radius 1 is 1.35 bits per heavy atom. The molecule has 0 N–H and O–H groups in total. The van der Waals surface area contributed by atoms with Gasteiger partial charge in [-0.15, -0.1) is 0 Å². The van der Waals surface area contributed by atoms with Crippen molar-refractivity contribution in [1.29, 1.82) is 0 Å². The Morgan fingerprint density at radius 3 is 2.35 bits per heavy atom. The summed E-state index contributed by atoms with van der Waals surface area (Å²) < 4.78 is 2.19. The fourth-order valence-corrected chi connectivity index (χ4v) is 2.00. The molecule has 0 amide bonds. The molecule has 0 unspecified atom stereocenters. The highest BCUT2D eigenvalue weighted by Gasteiger charge is 2.29. The molecule has 1 aliphatic rings. The molecular weight excluding hydrogens is 226 g/mol. The van der Waals surface area contributed by atoms with E-state index in [2.05, 4.69) is 0 Å². The van der Waals surface area contributed by atoms with Crippen molar-refractivity contribution in [3.63, 3.8) is 0 Å². The van der Waals surface area contributed by atoms with E-state index in [4.69, 9.17) is 0 Å². The molecule has 7 heteroatoms. The van der Waals surface area contributed by atoms with Gasteiger partial charge in [-0.2, -0.15) is 0 Å². The molecule has 92 valence electrons. The molecule has 0 aliphatic heterocycles. The van der Waals surface area contributed by atoms with E-state index in [-0.39, 0.29) is 11.7 Å². The fourth-order valence-electron chi connectivity index (χ4n) is 2.00. The summed E-state index contributed by atoms with van der Waals surface area (Å²) in [6.07, 6.45) is 2.41. The van der Waals surface area contributed by atoms with Gasteiger partial charge < -0.3 is 0 Å². The van der Waals surface area contributed by atoms with Gasteiger partial charge in [0.15, 0.2) is 0 Å². The van der Waals surface area contributed by atoms with Gasteiger partial charge in [-0.05, 0) is 26.2 Å². The van der Waals surface area contributed by atoms with Gasteiger partial charge in [0.25, 0.3) is 0 Å². The maximum atomic E-state index is 11.9. The van der Waals surface area contributed by atoms with Crippen LogP contribution in [-0.4, -0.2) is 14.1 Å². The zero-order valence-electron chi connectivity index (χ0n) is 9.67. The summed E-state index contributed by atoms with van der Waals surface area (Å²) in [4.78, 5) is 34.0. The normalized spacial score (nSPS) is 15.6. The van der Waals surface area contributed by atoms with Gasteiger partial charge in [-0.25, -0.2) is 4.79 Å². The summed E-state index contributed by atoms with van der Waals surface area (Å²) in [5.74, 6) is 0. The standard InChI is InChI=1S/C10H13N3O4/c1-6-8(13(16)17)9(14)12(7-4-3-5-7)10(15)11(6)2/h7H,3-5H2,1-2H3. The lowest BCUT2D eigenvalue weighted by atomic mass is 9.93. The van der Waals surface area contributed by atoms with Gasteiger partial charge in [0, 0.05) is 13.1 Å². The highest BCUT2D eigenvalue weighted by molar-refractivity contribution is 5.32. The van der Waals surface area contributed by atoms with Crippen LogP contribution >= 0.6 is 0 Å². The highest BCUT2D eigenvalue weighted by Crippen LogP contribution is 2.29. The third-order valence-electron chi connectivity index (χ3n) is 3.38. The van der Waals surface area contributed by atoms with E-state index >= 15 is 0 Å². The summed E-state index contributed by atoms with van der Waals surface area (Å²) in [6.45, 7) is 1.41. The minimum atomic E-state index is -0.778.